The number of benzene rings is 2. The minimum atomic E-state index is -1.01. The Kier molecular flexibility index (Phi) is 10.5. The van der Waals surface area contributed by atoms with Crippen LogP contribution in [0.1, 0.15) is 43.7 Å². The molecule has 10 heteroatoms. The second-order valence-electron chi connectivity index (χ2n) is 10.8. The second kappa shape index (κ2) is 14.2. The number of carbonyl (C=O) groups excluding carboxylic acids is 4. The number of ketones is 1. The topological polar surface area (TPSA) is 146 Å². The van der Waals surface area contributed by atoms with Gasteiger partial charge in [0.2, 0.25) is 17.7 Å². The molecule has 41 heavy (non-hydrogen) atoms. The molecule has 4 N–H and O–H groups in total. The van der Waals surface area contributed by atoms with Crippen LogP contribution in [0.2, 0.25) is 0 Å². The Bertz CT molecular complexity index is 1190. The highest BCUT2D eigenvalue weighted by Gasteiger charge is 2.38. The highest BCUT2D eigenvalue weighted by molar-refractivity contribution is 5.96. The van der Waals surface area contributed by atoms with Gasteiger partial charge in [0.25, 0.3) is 0 Å². The van der Waals surface area contributed by atoms with Gasteiger partial charge in [-0.25, -0.2) is 0 Å². The molecule has 10 nitrogen and oxygen atoms in total. The third-order valence-corrected chi connectivity index (χ3v) is 7.64. The number of epoxide rings is 1. The molecule has 4 atom stereocenters. The lowest BCUT2D eigenvalue weighted by Crippen LogP contribution is -2.56. The van der Waals surface area contributed by atoms with E-state index in [1.807, 2.05) is 30.3 Å². The third kappa shape index (κ3) is 8.86. The monoisotopic (exact) mass is 565 g/mol. The summed E-state index contributed by atoms with van der Waals surface area (Å²) in [4.78, 5) is 52.6. The van der Waals surface area contributed by atoms with Crippen LogP contribution in [0.4, 0.5) is 0 Å². The normalized spacial score (nSPS) is 22.0. The van der Waals surface area contributed by atoms with Crippen LogP contribution in [0.25, 0.3) is 0 Å². The first-order valence-corrected chi connectivity index (χ1v) is 14.1. The van der Waals surface area contributed by atoms with E-state index in [4.69, 9.17) is 9.47 Å². The summed E-state index contributed by atoms with van der Waals surface area (Å²) in [6, 6.07) is 13.8. The molecule has 1 saturated heterocycles. The molecule has 0 spiro atoms. The Morgan fingerprint density at radius 3 is 2.05 bits per heavy atom. The van der Waals surface area contributed by atoms with Crippen molar-refractivity contribution in [3.05, 3.63) is 65.7 Å². The molecular weight excluding hydrogens is 526 g/mol. The molecule has 0 unspecified atom stereocenters. The van der Waals surface area contributed by atoms with Crippen LogP contribution < -0.4 is 20.7 Å². The maximum atomic E-state index is 13.6. The average Bonchev–Trinajstić information content (AvgIpc) is 3.83. The molecular formula is C31H39N3O7. The highest BCUT2D eigenvalue weighted by atomic mass is 16.6. The number of carbonyl (C=O) groups is 4. The number of aliphatic hydroxyl groups is 1. The zero-order valence-electron chi connectivity index (χ0n) is 23.5. The van der Waals surface area contributed by atoms with E-state index in [1.165, 1.54) is 0 Å². The van der Waals surface area contributed by atoms with Crippen molar-refractivity contribution in [2.75, 3.05) is 13.7 Å². The van der Waals surface area contributed by atoms with Gasteiger partial charge in [0, 0.05) is 12.3 Å². The Morgan fingerprint density at radius 2 is 1.44 bits per heavy atom. The minimum absolute atomic E-state index is 0.162. The molecule has 3 amide bonds. The van der Waals surface area contributed by atoms with Crippen LogP contribution in [-0.4, -0.2) is 72.7 Å². The summed E-state index contributed by atoms with van der Waals surface area (Å²) in [7, 11) is 1.56. The average molecular weight is 566 g/mol. The standard InChI is InChI=1S/C31H39N3O7/c1-19(32-30(38)22-10-12-23(35)13-11-22)29(37)34-26(17-21-8-14-24(40-2)15-9-21)31(39)33-25(28(36)27-18-41-27)16-20-6-4-3-5-7-20/h3-9,14-15,19,22-23,25-27,35H,10-13,16-18H2,1-2H3,(H,32,38)(H,33,39)(H,34,37)/t19-,22-,23+,25+,26+,27-/m1/s1. The highest BCUT2D eigenvalue weighted by Crippen LogP contribution is 2.24. The number of nitrogens with one attached hydrogen (secondary N) is 3. The second-order valence-corrected chi connectivity index (χ2v) is 10.8. The van der Waals surface area contributed by atoms with Crippen molar-refractivity contribution in [1.82, 2.24) is 16.0 Å². The number of hydrogen-bond donors (Lipinski definition) is 4. The Hall–Kier alpha value is -3.76. The number of methoxy groups -OCH3 is 1. The van der Waals surface area contributed by atoms with Gasteiger partial charge in [-0.2, -0.15) is 0 Å². The summed E-state index contributed by atoms with van der Waals surface area (Å²) < 4.78 is 10.4. The number of amides is 3. The molecule has 0 radical (unpaired) electrons. The summed E-state index contributed by atoms with van der Waals surface area (Å²) in [6.07, 6.45) is 1.74. The van der Waals surface area contributed by atoms with Crippen LogP contribution in [0.5, 0.6) is 5.75 Å². The van der Waals surface area contributed by atoms with E-state index < -0.39 is 36.0 Å². The van der Waals surface area contributed by atoms with Crippen LogP contribution in [0, 0.1) is 5.92 Å². The Morgan fingerprint density at radius 1 is 0.854 bits per heavy atom. The Labute approximate surface area is 240 Å². The first-order chi connectivity index (χ1) is 19.7. The number of rotatable bonds is 13. The van der Waals surface area contributed by atoms with Crippen LogP contribution in [-0.2, 0) is 36.8 Å². The predicted molar refractivity (Wildman–Crippen MR) is 151 cm³/mol. The Balaban J connectivity index is 1.46. The number of ether oxygens (including phenoxy) is 2. The van der Waals surface area contributed by atoms with E-state index in [-0.39, 0.29) is 36.6 Å². The molecule has 2 aromatic carbocycles. The quantitative estimate of drug-likeness (QED) is 0.269. The lowest BCUT2D eigenvalue weighted by atomic mass is 9.87. The van der Waals surface area contributed by atoms with Crippen LogP contribution >= 0.6 is 0 Å². The summed E-state index contributed by atoms with van der Waals surface area (Å²) in [6.45, 7) is 1.89. The van der Waals surface area contributed by atoms with Crippen molar-refractivity contribution in [3.63, 3.8) is 0 Å². The van der Waals surface area contributed by atoms with Crippen molar-refractivity contribution < 1.29 is 33.8 Å². The van der Waals surface area contributed by atoms with Crippen molar-refractivity contribution >= 4 is 23.5 Å². The zero-order chi connectivity index (χ0) is 29.4. The van der Waals surface area contributed by atoms with Crippen molar-refractivity contribution in [2.45, 2.75) is 75.8 Å². The van der Waals surface area contributed by atoms with Gasteiger partial charge in [-0.05, 0) is 62.3 Å². The molecule has 2 aromatic rings. The molecule has 1 saturated carbocycles. The largest absolute Gasteiger partial charge is 0.497 e. The summed E-state index contributed by atoms with van der Waals surface area (Å²) in [5.41, 5.74) is 1.66. The zero-order valence-corrected chi connectivity index (χ0v) is 23.5. The lowest BCUT2D eigenvalue weighted by molar-refractivity contribution is -0.134. The van der Waals surface area contributed by atoms with Crippen LogP contribution in [0.3, 0.4) is 0 Å². The van der Waals surface area contributed by atoms with Gasteiger partial charge in [0.15, 0.2) is 5.78 Å². The van der Waals surface area contributed by atoms with Gasteiger partial charge >= 0.3 is 0 Å². The first-order valence-electron chi connectivity index (χ1n) is 14.1. The third-order valence-electron chi connectivity index (χ3n) is 7.64. The fraction of sp³-hybridized carbons (Fsp3) is 0.484. The van der Waals surface area contributed by atoms with Gasteiger partial charge in [-0.15, -0.1) is 0 Å². The fourth-order valence-corrected chi connectivity index (χ4v) is 5.02. The van der Waals surface area contributed by atoms with Gasteiger partial charge in [-0.3, -0.25) is 19.2 Å². The summed E-state index contributed by atoms with van der Waals surface area (Å²) in [5, 5.41) is 18.1. The SMILES string of the molecule is COc1ccc(C[C@H](NC(=O)[C@@H](C)NC(=O)[C@H]2CC[C@@H](O)CC2)C(=O)N[C@@H](Cc2ccccc2)C(=O)[C@H]2CO2)cc1. The maximum Gasteiger partial charge on any atom is 0.243 e. The molecule has 1 heterocycles. The first kappa shape index (κ1) is 30.2. The molecule has 1 aliphatic carbocycles. The van der Waals surface area contributed by atoms with E-state index in [1.54, 1.807) is 38.3 Å². The van der Waals surface area contributed by atoms with Crippen molar-refractivity contribution in [2.24, 2.45) is 5.92 Å². The fourth-order valence-electron chi connectivity index (χ4n) is 5.02. The molecule has 2 aliphatic rings. The van der Waals surface area contributed by atoms with E-state index in [0.29, 0.717) is 38.0 Å². The number of hydrogen-bond acceptors (Lipinski definition) is 7. The smallest absolute Gasteiger partial charge is 0.243 e. The van der Waals surface area contributed by atoms with Gasteiger partial charge < -0.3 is 30.5 Å². The molecule has 0 bridgehead atoms. The summed E-state index contributed by atoms with van der Waals surface area (Å²) in [5.74, 6) is -1.09. The van der Waals surface area contributed by atoms with E-state index >= 15 is 0 Å². The molecule has 220 valence electrons. The number of Topliss-reactive ketones (excluding diaryl/α,β-unsaturated/α-hetero) is 1. The van der Waals surface area contributed by atoms with E-state index in [9.17, 15) is 24.3 Å². The molecule has 1 aliphatic heterocycles. The van der Waals surface area contributed by atoms with Gasteiger partial charge in [0.1, 0.15) is 23.9 Å². The predicted octanol–water partition coefficient (Wildman–Crippen LogP) is 1.47. The molecule has 4 rings (SSSR count). The van der Waals surface area contributed by atoms with Gasteiger partial charge in [0.05, 0.1) is 25.9 Å². The van der Waals surface area contributed by atoms with Gasteiger partial charge in [-0.1, -0.05) is 42.5 Å². The number of aliphatic hydroxyl groups excluding tert-OH is 1. The minimum Gasteiger partial charge on any atom is -0.497 e. The molecule has 2 fully saturated rings. The van der Waals surface area contributed by atoms with Crippen LogP contribution in [0.15, 0.2) is 54.6 Å². The molecule has 0 aromatic heterocycles. The maximum absolute atomic E-state index is 13.6. The summed E-state index contributed by atoms with van der Waals surface area (Å²) >= 11 is 0. The van der Waals surface area contributed by atoms with E-state index in [0.717, 1.165) is 11.1 Å². The van der Waals surface area contributed by atoms with Crippen molar-refractivity contribution in [1.29, 1.82) is 0 Å². The van der Waals surface area contributed by atoms with E-state index in [2.05, 4.69) is 16.0 Å². The van der Waals surface area contributed by atoms with Crippen molar-refractivity contribution in [3.8, 4) is 5.75 Å². The lowest BCUT2D eigenvalue weighted by Gasteiger charge is -2.27.